The van der Waals surface area contributed by atoms with Crippen molar-refractivity contribution in [3.63, 3.8) is 0 Å². The molecule has 0 saturated carbocycles. The fraction of sp³-hybridized carbons (Fsp3) is 0.500. The van der Waals surface area contributed by atoms with Gasteiger partial charge in [0.15, 0.2) is 0 Å². The SMILES string of the molecule is ClC1(CBr)C=CC=CC1CBr. The Morgan fingerprint density at radius 3 is 2.55 bits per heavy atom. The summed E-state index contributed by atoms with van der Waals surface area (Å²) >= 11 is 13.2. The minimum Gasteiger partial charge on any atom is -0.113 e. The zero-order valence-corrected chi connectivity index (χ0v) is 9.86. The molecule has 0 spiro atoms. The maximum atomic E-state index is 6.31. The molecule has 0 aromatic carbocycles. The first kappa shape index (κ1) is 9.82. The number of allylic oxidation sites excluding steroid dienone is 4. The average Bonchev–Trinajstić information content (AvgIpc) is 2.05. The Balaban J connectivity index is 2.77. The Bertz CT molecular complexity index is 189. The van der Waals surface area contributed by atoms with Crippen molar-refractivity contribution in [2.24, 2.45) is 5.92 Å². The Kier molecular flexibility index (Phi) is 3.66. The van der Waals surface area contributed by atoms with Crippen LogP contribution in [0.3, 0.4) is 0 Å². The maximum absolute atomic E-state index is 6.31. The van der Waals surface area contributed by atoms with Crippen LogP contribution in [0.5, 0.6) is 0 Å². The topological polar surface area (TPSA) is 0 Å². The van der Waals surface area contributed by atoms with E-state index in [2.05, 4.69) is 37.9 Å². The summed E-state index contributed by atoms with van der Waals surface area (Å²) in [6.07, 6.45) is 8.20. The zero-order chi connectivity index (χ0) is 8.32. The van der Waals surface area contributed by atoms with E-state index in [4.69, 9.17) is 11.6 Å². The van der Waals surface area contributed by atoms with Crippen molar-refractivity contribution >= 4 is 43.5 Å². The van der Waals surface area contributed by atoms with Gasteiger partial charge in [0.05, 0.1) is 4.87 Å². The molecule has 0 aromatic heterocycles. The van der Waals surface area contributed by atoms with E-state index in [1.807, 2.05) is 18.2 Å². The predicted octanol–water partition coefficient (Wildman–Crippen LogP) is 3.50. The molecule has 0 fully saturated rings. The number of alkyl halides is 3. The molecule has 1 aliphatic carbocycles. The molecular weight excluding hydrogens is 291 g/mol. The zero-order valence-electron chi connectivity index (χ0n) is 5.93. The maximum Gasteiger partial charge on any atom is 0.0795 e. The first-order valence-electron chi connectivity index (χ1n) is 3.40. The molecule has 0 aromatic rings. The normalized spacial score (nSPS) is 36.1. The highest BCUT2D eigenvalue weighted by molar-refractivity contribution is 9.09. The Morgan fingerprint density at radius 2 is 2.09 bits per heavy atom. The van der Waals surface area contributed by atoms with Gasteiger partial charge in [-0.2, -0.15) is 0 Å². The number of rotatable bonds is 2. The standard InChI is InChI=1S/C8H9Br2Cl/c9-5-7-3-1-2-4-8(7,11)6-10/h1-4,7H,5-6H2. The fourth-order valence-electron chi connectivity index (χ4n) is 1.02. The molecule has 3 heteroatoms. The average molecular weight is 300 g/mol. The Labute approximate surface area is 88.9 Å². The molecule has 62 valence electrons. The van der Waals surface area contributed by atoms with Crippen LogP contribution in [0.4, 0.5) is 0 Å². The third-order valence-corrected chi connectivity index (χ3v) is 4.30. The van der Waals surface area contributed by atoms with Gasteiger partial charge < -0.3 is 0 Å². The fourth-order valence-corrected chi connectivity index (χ4v) is 2.83. The lowest BCUT2D eigenvalue weighted by molar-refractivity contribution is 0.613. The van der Waals surface area contributed by atoms with Crippen LogP contribution >= 0.6 is 43.5 Å². The summed E-state index contributed by atoms with van der Waals surface area (Å²) in [6, 6.07) is 0. The summed E-state index contributed by atoms with van der Waals surface area (Å²) in [7, 11) is 0. The third kappa shape index (κ3) is 2.10. The first-order valence-corrected chi connectivity index (χ1v) is 6.02. The summed E-state index contributed by atoms with van der Waals surface area (Å²) in [5, 5.41) is 1.70. The summed E-state index contributed by atoms with van der Waals surface area (Å²) in [5.74, 6) is 0.383. The van der Waals surface area contributed by atoms with Crippen molar-refractivity contribution in [2.75, 3.05) is 10.7 Å². The van der Waals surface area contributed by atoms with E-state index >= 15 is 0 Å². The van der Waals surface area contributed by atoms with Crippen molar-refractivity contribution in [3.05, 3.63) is 24.3 Å². The lowest BCUT2D eigenvalue weighted by Gasteiger charge is -2.29. The summed E-state index contributed by atoms with van der Waals surface area (Å²) in [6.45, 7) is 0. The van der Waals surface area contributed by atoms with Gasteiger partial charge in [-0.15, -0.1) is 11.6 Å². The monoisotopic (exact) mass is 298 g/mol. The molecule has 0 nitrogen and oxygen atoms in total. The third-order valence-electron chi connectivity index (χ3n) is 1.82. The van der Waals surface area contributed by atoms with E-state index in [0.29, 0.717) is 5.92 Å². The van der Waals surface area contributed by atoms with E-state index in [9.17, 15) is 0 Å². The van der Waals surface area contributed by atoms with E-state index in [0.717, 1.165) is 10.7 Å². The van der Waals surface area contributed by atoms with Gasteiger partial charge in [-0.3, -0.25) is 0 Å². The molecule has 2 unspecified atom stereocenters. The van der Waals surface area contributed by atoms with Crippen LogP contribution in [0.2, 0.25) is 0 Å². The highest BCUT2D eigenvalue weighted by Gasteiger charge is 2.31. The molecule has 11 heavy (non-hydrogen) atoms. The van der Waals surface area contributed by atoms with Gasteiger partial charge >= 0.3 is 0 Å². The molecule has 0 bridgehead atoms. The molecule has 0 aliphatic heterocycles. The molecule has 0 N–H and O–H groups in total. The van der Waals surface area contributed by atoms with Gasteiger partial charge in [-0.25, -0.2) is 0 Å². The Morgan fingerprint density at radius 1 is 1.36 bits per heavy atom. The lowest BCUT2D eigenvalue weighted by Crippen LogP contribution is -2.32. The van der Waals surface area contributed by atoms with E-state index in [-0.39, 0.29) is 4.87 Å². The molecule has 1 rings (SSSR count). The molecule has 0 radical (unpaired) electrons. The van der Waals surface area contributed by atoms with Crippen LogP contribution in [0.25, 0.3) is 0 Å². The minimum atomic E-state index is -0.238. The van der Waals surface area contributed by atoms with Crippen LogP contribution in [0.1, 0.15) is 0 Å². The van der Waals surface area contributed by atoms with Crippen molar-refractivity contribution in [2.45, 2.75) is 4.87 Å². The minimum absolute atomic E-state index is 0.238. The van der Waals surface area contributed by atoms with Crippen molar-refractivity contribution in [3.8, 4) is 0 Å². The first-order chi connectivity index (χ1) is 5.23. The van der Waals surface area contributed by atoms with Crippen LogP contribution in [0.15, 0.2) is 24.3 Å². The van der Waals surface area contributed by atoms with Gasteiger partial charge in [0.1, 0.15) is 0 Å². The summed E-state index contributed by atoms with van der Waals surface area (Å²) < 4.78 is 0. The molecular formula is C8H9Br2Cl. The van der Waals surface area contributed by atoms with Crippen LogP contribution in [-0.2, 0) is 0 Å². The predicted molar refractivity (Wildman–Crippen MR) is 57.9 cm³/mol. The molecule has 2 atom stereocenters. The van der Waals surface area contributed by atoms with Crippen LogP contribution in [-0.4, -0.2) is 15.5 Å². The smallest absolute Gasteiger partial charge is 0.0795 e. The molecule has 1 aliphatic rings. The molecule has 0 amide bonds. The largest absolute Gasteiger partial charge is 0.113 e. The van der Waals surface area contributed by atoms with Gasteiger partial charge in [0, 0.05) is 16.6 Å². The lowest BCUT2D eigenvalue weighted by atomic mass is 9.91. The second-order valence-corrected chi connectivity index (χ2v) is 4.48. The highest BCUT2D eigenvalue weighted by Crippen LogP contribution is 2.34. The van der Waals surface area contributed by atoms with E-state index in [1.165, 1.54) is 0 Å². The second-order valence-electron chi connectivity index (χ2n) is 2.57. The van der Waals surface area contributed by atoms with Crippen LogP contribution < -0.4 is 0 Å². The Hall–Kier alpha value is 0.730. The second kappa shape index (κ2) is 4.11. The van der Waals surface area contributed by atoms with Crippen molar-refractivity contribution in [1.82, 2.24) is 0 Å². The van der Waals surface area contributed by atoms with Gasteiger partial charge in [0.2, 0.25) is 0 Å². The van der Waals surface area contributed by atoms with Gasteiger partial charge in [-0.1, -0.05) is 56.2 Å². The summed E-state index contributed by atoms with van der Waals surface area (Å²) in [4.78, 5) is -0.238. The number of halogens is 3. The van der Waals surface area contributed by atoms with Crippen molar-refractivity contribution < 1.29 is 0 Å². The molecule has 0 heterocycles. The number of hydrogen-bond donors (Lipinski definition) is 0. The number of hydrogen-bond acceptors (Lipinski definition) is 0. The van der Waals surface area contributed by atoms with E-state index in [1.54, 1.807) is 0 Å². The van der Waals surface area contributed by atoms with Gasteiger partial charge in [0.25, 0.3) is 0 Å². The van der Waals surface area contributed by atoms with Gasteiger partial charge in [-0.05, 0) is 0 Å². The quantitative estimate of drug-likeness (QED) is 0.685. The van der Waals surface area contributed by atoms with Crippen molar-refractivity contribution in [1.29, 1.82) is 0 Å². The summed E-state index contributed by atoms with van der Waals surface area (Å²) in [5.41, 5.74) is 0. The molecule has 0 saturated heterocycles. The van der Waals surface area contributed by atoms with E-state index < -0.39 is 0 Å². The van der Waals surface area contributed by atoms with Crippen LogP contribution in [0, 0.1) is 5.92 Å². The highest BCUT2D eigenvalue weighted by atomic mass is 79.9.